The molecule has 1 unspecified atom stereocenters. The number of halogens is 1. The number of hydrogen-bond acceptors (Lipinski definition) is 5. The maximum atomic E-state index is 13.8. The summed E-state index contributed by atoms with van der Waals surface area (Å²) in [5.41, 5.74) is 0.487. The monoisotopic (exact) mass is 359 g/mol. The third-order valence-corrected chi connectivity index (χ3v) is 6.10. The lowest BCUT2D eigenvalue weighted by molar-refractivity contribution is -0.149. The molecule has 2 aromatic rings. The van der Waals surface area contributed by atoms with Crippen molar-refractivity contribution >= 4 is 5.97 Å². The Morgan fingerprint density at radius 3 is 3.00 bits per heavy atom. The van der Waals surface area contributed by atoms with Crippen LogP contribution in [0.4, 0.5) is 4.39 Å². The highest BCUT2D eigenvalue weighted by molar-refractivity contribution is 5.76. The molecular formula is C19H22FN3O3. The number of rotatable bonds is 4. The van der Waals surface area contributed by atoms with E-state index in [2.05, 4.69) is 15.0 Å². The summed E-state index contributed by atoms with van der Waals surface area (Å²) in [6.07, 6.45) is 2.66. The minimum atomic E-state index is -0.698. The average molecular weight is 359 g/mol. The highest BCUT2D eigenvalue weighted by Gasteiger charge is 2.55. The van der Waals surface area contributed by atoms with E-state index in [1.807, 2.05) is 6.92 Å². The number of aliphatic carboxylic acids is 1. The molecule has 1 saturated heterocycles. The maximum absolute atomic E-state index is 13.8. The second-order valence-corrected chi connectivity index (χ2v) is 7.58. The van der Waals surface area contributed by atoms with Crippen LogP contribution in [0.3, 0.4) is 0 Å². The van der Waals surface area contributed by atoms with E-state index >= 15 is 0 Å². The van der Waals surface area contributed by atoms with Gasteiger partial charge in [-0.15, -0.1) is 0 Å². The van der Waals surface area contributed by atoms with Gasteiger partial charge in [0.25, 0.3) is 0 Å². The van der Waals surface area contributed by atoms with Gasteiger partial charge in [0.15, 0.2) is 0 Å². The molecule has 1 aromatic carbocycles. The molecule has 1 aromatic heterocycles. The van der Waals surface area contributed by atoms with E-state index in [0.29, 0.717) is 29.4 Å². The third-order valence-electron chi connectivity index (χ3n) is 6.10. The fourth-order valence-corrected chi connectivity index (χ4v) is 4.38. The molecule has 6 nitrogen and oxygen atoms in total. The third kappa shape index (κ3) is 2.61. The van der Waals surface area contributed by atoms with E-state index in [0.717, 1.165) is 25.8 Å². The lowest BCUT2D eigenvalue weighted by atomic mass is 9.81. The molecule has 1 aliphatic carbocycles. The minimum absolute atomic E-state index is 0.173. The van der Waals surface area contributed by atoms with Gasteiger partial charge in [0.2, 0.25) is 11.7 Å². The fraction of sp³-hybridized carbons (Fsp3) is 0.526. The van der Waals surface area contributed by atoms with Crippen LogP contribution < -0.4 is 0 Å². The Morgan fingerprint density at radius 2 is 2.31 bits per heavy atom. The van der Waals surface area contributed by atoms with Gasteiger partial charge in [0, 0.05) is 18.7 Å². The average Bonchev–Trinajstić information content (AvgIpc) is 3.30. The van der Waals surface area contributed by atoms with Gasteiger partial charge >= 0.3 is 5.97 Å². The van der Waals surface area contributed by atoms with Crippen LogP contribution in [0, 0.1) is 24.1 Å². The van der Waals surface area contributed by atoms with Crippen molar-refractivity contribution in [2.24, 2.45) is 11.3 Å². The van der Waals surface area contributed by atoms with Crippen LogP contribution in [-0.2, 0) is 4.79 Å². The van der Waals surface area contributed by atoms with Gasteiger partial charge in [0.05, 0.1) is 11.5 Å². The molecule has 1 aliphatic heterocycles. The Kier molecular flexibility index (Phi) is 4.06. The maximum Gasteiger partial charge on any atom is 0.311 e. The van der Waals surface area contributed by atoms with E-state index in [9.17, 15) is 14.3 Å². The molecule has 2 heterocycles. The first-order chi connectivity index (χ1) is 12.4. The molecule has 3 atom stereocenters. The van der Waals surface area contributed by atoms with Crippen LogP contribution in [0.15, 0.2) is 22.7 Å². The van der Waals surface area contributed by atoms with Crippen molar-refractivity contribution in [3.63, 3.8) is 0 Å². The number of aryl methyl sites for hydroxylation is 1. The molecule has 0 amide bonds. The summed E-state index contributed by atoms with van der Waals surface area (Å²) < 4.78 is 19.2. The van der Waals surface area contributed by atoms with E-state index in [1.54, 1.807) is 19.1 Å². The zero-order valence-electron chi connectivity index (χ0n) is 14.9. The quantitative estimate of drug-likeness (QED) is 0.901. The van der Waals surface area contributed by atoms with Gasteiger partial charge in [0.1, 0.15) is 5.82 Å². The normalized spacial score (nSPS) is 26.8. The van der Waals surface area contributed by atoms with Crippen molar-refractivity contribution in [1.82, 2.24) is 15.0 Å². The van der Waals surface area contributed by atoms with Gasteiger partial charge in [-0.3, -0.25) is 9.69 Å². The topological polar surface area (TPSA) is 79.5 Å². The van der Waals surface area contributed by atoms with Crippen LogP contribution in [0.25, 0.3) is 11.4 Å². The van der Waals surface area contributed by atoms with Crippen molar-refractivity contribution in [3.8, 4) is 11.4 Å². The second kappa shape index (κ2) is 6.16. The van der Waals surface area contributed by atoms with Crippen LogP contribution in [0.5, 0.6) is 0 Å². The SMILES string of the molecule is Cc1ccc(-c2noc(C(C)N3C[C@@H]4CCC[C@@]4(C(=O)O)C3)n2)cc1F. The number of fused-ring (bicyclic) bond motifs is 1. The summed E-state index contributed by atoms with van der Waals surface area (Å²) in [6.45, 7) is 4.88. The number of carboxylic acids is 1. The van der Waals surface area contributed by atoms with Crippen LogP contribution in [0.2, 0.25) is 0 Å². The summed E-state index contributed by atoms with van der Waals surface area (Å²) >= 11 is 0. The predicted molar refractivity (Wildman–Crippen MR) is 91.8 cm³/mol. The Balaban J connectivity index is 1.55. The molecule has 7 heteroatoms. The molecule has 0 radical (unpaired) electrons. The number of nitrogens with zero attached hydrogens (tertiary/aromatic N) is 3. The summed E-state index contributed by atoms with van der Waals surface area (Å²) in [7, 11) is 0. The number of aromatic nitrogens is 2. The standard InChI is InChI=1S/C19H22FN3O3/c1-11-5-6-13(8-15(11)20)16-21-17(26-22-16)12(2)23-9-14-4-3-7-19(14,10-23)18(24)25/h5-6,8,12,14H,3-4,7,9-10H2,1-2H3,(H,24,25)/t12?,14-,19+/m0/s1. The largest absolute Gasteiger partial charge is 0.481 e. The molecular weight excluding hydrogens is 337 g/mol. The molecule has 1 saturated carbocycles. The van der Waals surface area contributed by atoms with Gasteiger partial charge in [-0.25, -0.2) is 4.39 Å². The molecule has 4 rings (SSSR count). The predicted octanol–water partition coefficient (Wildman–Crippen LogP) is 3.43. The summed E-state index contributed by atoms with van der Waals surface area (Å²) in [6, 6.07) is 4.67. The zero-order chi connectivity index (χ0) is 18.5. The minimum Gasteiger partial charge on any atom is -0.481 e. The van der Waals surface area contributed by atoms with Crippen LogP contribution in [0.1, 0.15) is 43.7 Å². The Bertz CT molecular complexity index is 852. The highest BCUT2D eigenvalue weighted by atomic mass is 19.1. The van der Waals surface area contributed by atoms with Crippen molar-refractivity contribution in [2.45, 2.75) is 39.2 Å². The molecule has 0 spiro atoms. The van der Waals surface area contributed by atoms with Crippen molar-refractivity contribution < 1.29 is 18.8 Å². The van der Waals surface area contributed by atoms with E-state index in [1.165, 1.54) is 6.07 Å². The van der Waals surface area contributed by atoms with Crippen molar-refractivity contribution in [2.75, 3.05) is 13.1 Å². The van der Waals surface area contributed by atoms with E-state index < -0.39 is 11.4 Å². The number of carboxylic acid groups (broad SMARTS) is 1. The van der Waals surface area contributed by atoms with E-state index in [-0.39, 0.29) is 17.8 Å². The number of likely N-dealkylation sites (tertiary alicyclic amines) is 1. The highest BCUT2D eigenvalue weighted by Crippen LogP contribution is 2.50. The molecule has 2 aliphatic rings. The lowest BCUT2D eigenvalue weighted by Gasteiger charge is -2.25. The molecule has 2 fully saturated rings. The molecule has 26 heavy (non-hydrogen) atoms. The number of hydrogen-bond donors (Lipinski definition) is 1. The number of carbonyl (C=O) groups is 1. The van der Waals surface area contributed by atoms with Crippen molar-refractivity contribution in [1.29, 1.82) is 0 Å². The van der Waals surface area contributed by atoms with E-state index in [4.69, 9.17) is 4.52 Å². The van der Waals surface area contributed by atoms with Crippen LogP contribution >= 0.6 is 0 Å². The van der Waals surface area contributed by atoms with Gasteiger partial charge < -0.3 is 9.63 Å². The lowest BCUT2D eigenvalue weighted by Crippen LogP contribution is -2.36. The smallest absolute Gasteiger partial charge is 0.311 e. The summed E-state index contributed by atoms with van der Waals surface area (Å²) in [5, 5.41) is 13.7. The first kappa shape index (κ1) is 17.1. The Morgan fingerprint density at radius 1 is 1.50 bits per heavy atom. The second-order valence-electron chi connectivity index (χ2n) is 7.58. The molecule has 0 bridgehead atoms. The number of benzene rings is 1. The first-order valence-corrected chi connectivity index (χ1v) is 8.98. The van der Waals surface area contributed by atoms with Gasteiger partial charge in [-0.1, -0.05) is 23.7 Å². The van der Waals surface area contributed by atoms with Crippen molar-refractivity contribution in [3.05, 3.63) is 35.5 Å². The Labute approximate surface area is 151 Å². The van der Waals surface area contributed by atoms with Crippen LogP contribution in [-0.4, -0.2) is 39.2 Å². The molecule has 138 valence electrons. The fourth-order valence-electron chi connectivity index (χ4n) is 4.38. The van der Waals surface area contributed by atoms with Gasteiger partial charge in [-0.2, -0.15) is 4.98 Å². The first-order valence-electron chi connectivity index (χ1n) is 8.98. The zero-order valence-corrected chi connectivity index (χ0v) is 14.9. The molecule has 1 N–H and O–H groups in total. The summed E-state index contributed by atoms with van der Waals surface area (Å²) in [4.78, 5) is 18.4. The Hall–Kier alpha value is -2.28. The summed E-state index contributed by atoms with van der Waals surface area (Å²) in [5.74, 6) is -0.0515. The van der Waals surface area contributed by atoms with Gasteiger partial charge in [-0.05, 0) is 44.2 Å².